The SMILES string of the molecule is C=C/C=C(\C=C/C)C/C=C(C)\C=C/C. The topological polar surface area (TPSA) is 0 Å². The molecule has 0 saturated carbocycles. The van der Waals surface area contributed by atoms with E-state index in [1.807, 2.05) is 32.1 Å². The second-order valence-electron chi connectivity index (χ2n) is 3.13. The van der Waals surface area contributed by atoms with Crippen molar-refractivity contribution in [2.45, 2.75) is 27.2 Å². The minimum atomic E-state index is 0.965. The Morgan fingerprint density at radius 1 is 1.14 bits per heavy atom. The molecule has 0 amide bonds. The van der Waals surface area contributed by atoms with Crippen molar-refractivity contribution >= 4 is 0 Å². The molecule has 0 rings (SSSR count). The van der Waals surface area contributed by atoms with Crippen LogP contribution in [0, 0.1) is 0 Å². The number of allylic oxidation sites excluding steroid dienone is 9. The Labute approximate surface area is 88.0 Å². The smallest absolute Gasteiger partial charge is 0.00919 e. The van der Waals surface area contributed by atoms with E-state index in [-0.39, 0.29) is 0 Å². The maximum absolute atomic E-state index is 3.70. The molecular weight excluding hydrogens is 168 g/mol. The van der Waals surface area contributed by atoms with Gasteiger partial charge in [-0.25, -0.2) is 0 Å². The molecule has 76 valence electrons. The summed E-state index contributed by atoms with van der Waals surface area (Å²) in [6.45, 7) is 9.87. The van der Waals surface area contributed by atoms with Gasteiger partial charge in [0.2, 0.25) is 0 Å². The first kappa shape index (κ1) is 12.7. The highest BCUT2D eigenvalue weighted by Gasteiger charge is 1.88. The van der Waals surface area contributed by atoms with Gasteiger partial charge in [-0.15, -0.1) is 0 Å². The van der Waals surface area contributed by atoms with Gasteiger partial charge < -0.3 is 0 Å². The van der Waals surface area contributed by atoms with Crippen LogP contribution in [0.2, 0.25) is 0 Å². The average molecular weight is 188 g/mol. The van der Waals surface area contributed by atoms with E-state index in [0.717, 1.165) is 6.42 Å². The van der Waals surface area contributed by atoms with Crippen molar-refractivity contribution in [3.8, 4) is 0 Å². The quantitative estimate of drug-likeness (QED) is 0.554. The fourth-order valence-corrected chi connectivity index (χ4v) is 1.17. The second kappa shape index (κ2) is 8.31. The summed E-state index contributed by atoms with van der Waals surface area (Å²) in [6.07, 6.45) is 15.4. The molecule has 0 aromatic heterocycles. The molecule has 0 N–H and O–H groups in total. The summed E-state index contributed by atoms with van der Waals surface area (Å²) in [6, 6.07) is 0. The third kappa shape index (κ3) is 6.24. The van der Waals surface area contributed by atoms with Crippen LogP contribution >= 0.6 is 0 Å². The molecule has 0 aromatic rings. The van der Waals surface area contributed by atoms with Crippen molar-refractivity contribution in [2.24, 2.45) is 0 Å². The van der Waals surface area contributed by atoms with E-state index in [4.69, 9.17) is 0 Å². The number of hydrogen-bond acceptors (Lipinski definition) is 0. The largest absolute Gasteiger partial charge is 0.0991 e. The zero-order valence-electron chi connectivity index (χ0n) is 9.46. The fraction of sp³-hybridized carbons (Fsp3) is 0.286. The van der Waals surface area contributed by atoms with Gasteiger partial charge in [-0.3, -0.25) is 0 Å². The maximum atomic E-state index is 3.70. The zero-order valence-corrected chi connectivity index (χ0v) is 9.46. The van der Waals surface area contributed by atoms with Crippen LogP contribution in [0.25, 0.3) is 0 Å². The molecule has 0 aromatic carbocycles. The molecule has 0 nitrogen and oxygen atoms in total. The molecule has 0 aliphatic heterocycles. The lowest BCUT2D eigenvalue weighted by molar-refractivity contribution is 1.25. The summed E-state index contributed by atoms with van der Waals surface area (Å²) >= 11 is 0. The Kier molecular flexibility index (Phi) is 7.53. The highest BCUT2D eigenvalue weighted by atomic mass is 13.9. The van der Waals surface area contributed by atoms with Gasteiger partial charge in [0, 0.05) is 0 Å². The van der Waals surface area contributed by atoms with E-state index in [2.05, 4.69) is 37.8 Å². The van der Waals surface area contributed by atoms with Crippen molar-refractivity contribution in [1.82, 2.24) is 0 Å². The Morgan fingerprint density at radius 3 is 2.29 bits per heavy atom. The first-order valence-corrected chi connectivity index (χ1v) is 4.98. The van der Waals surface area contributed by atoms with Crippen LogP contribution in [-0.2, 0) is 0 Å². The van der Waals surface area contributed by atoms with Gasteiger partial charge in [0.25, 0.3) is 0 Å². The highest BCUT2D eigenvalue weighted by Crippen LogP contribution is 2.08. The van der Waals surface area contributed by atoms with Gasteiger partial charge in [-0.2, -0.15) is 0 Å². The van der Waals surface area contributed by atoms with E-state index >= 15 is 0 Å². The highest BCUT2D eigenvalue weighted by molar-refractivity contribution is 5.27. The number of rotatable bonds is 5. The predicted molar refractivity (Wildman–Crippen MR) is 66.3 cm³/mol. The summed E-state index contributed by atoms with van der Waals surface area (Å²) in [7, 11) is 0. The van der Waals surface area contributed by atoms with Crippen LogP contribution in [0.3, 0.4) is 0 Å². The van der Waals surface area contributed by atoms with Gasteiger partial charge >= 0.3 is 0 Å². The van der Waals surface area contributed by atoms with Gasteiger partial charge in [-0.1, -0.05) is 54.7 Å². The predicted octanol–water partition coefficient (Wildman–Crippen LogP) is 4.59. The maximum Gasteiger partial charge on any atom is -0.00919 e. The van der Waals surface area contributed by atoms with E-state index in [0.29, 0.717) is 0 Å². The van der Waals surface area contributed by atoms with E-state index in [1.165, 1.54) is 11.1 Å². The lowest BCUT2D eigenvalue weighted by Crippen LogP contribution is -1.76. The van der Waals surface area contributed by atoms with Gasteiger partial charge in [0.1, 0.15) is 0 Å². The molecule has 0 bridgehead atoms. The lowest BCUT2D eigenvalue weighted by Gasteiger charge is -1.96. The molecule has 0 fully saturated rings. The molecule has 0 heterocycles. The molecule has 0 spiro atoms. The zero-order chi connectivity index (χ0) is 10.8. The molecule has 0 aliphatic carbocycles. The monoisotopic (exact) mass is 188 g/mol. The van der Waals surface area contributed by atoms with Crippen LogP contribution in [0.4, 0.5) is 0 Å². The normalized spacial score (nSPS) is 14.2. The summed E-state index contributed by atoms with van der Waals surface area (Å²) < 4.78 is 0. The van der Waals surface area contributed by atoms with Gasteiger partial charge in [0.15, 0.2) is 0 Å². The van der Waals surface area contributed by atoms with E-state index in [9.17, 15) is 0 Å². The third-order valence-electron chi connectivity index (χ3n) is 1.80. The molecular formula is C14H20. The van der Waals surface area contributed by atoms with Crippen molar-refractivity contribution in [1.29, 1.82) is 0 Å². The molecule has 14 heavy (non-hydrogen) atoms. The lowest BCUT2D eigenvalue weighted by atomic mass is 10.1. The molecule has 0 radical (unpaired) electrons. The number of hydrogen-bond donors (Lipinski definition) is 0. The molecule has 0 heteroatoms. The van der Waals surface area contributed by atoms with E-state index < -0.39 is 0 Å². The minimum absolute atomic E-state index is 0.965. The van der Waals surface area contributed by atoms with Crippen molar-refractivity contribution in [3.63, 3.8) is 0 Å². The Bertz CT molecular complexity index is 272. The summed E-state index contributed by atoms with van der Waals surface area (Å²) in [4.78, 5) is 0. The summed E-state index contributed by atoms with van der Waals surface area (Å²) in [5.41, 5.74) is 2.58. The Morgan fingerprint density at radius 2 is 1.79 bits per heavy atom. The van der Waals surface area contributed by atoms with Crippen LogP contribution in [0.1, 0.15) is 27.2 Å². The Balaban J connectivity index is 4.39. The minimum Gasteiger partial charge on any atom is -0.0991 e. The fourth-order valence-electron chi connectivity index (χ4n) is 1.17. The first-order chi connectivity index (χ1) is 6.74. The van der Waals surface area contributed by atoms with Crippen molar-refractivity contribution < 1.29 is 0 Å². The molecule has 0 atom stereocenters. The standard InChI is InChI=1S/C14H20/c1-5-8-13(4)11-12-14(9-6-2)10-7-3/h5-11H,2,12H2,1,3-4H3/b8-5-,10-7-,13-11-,14-9+. The van der Waals surface area contributed by atoms with Crippen LogP contribution in [-0.4, -0.2) is 0 Å². The van der Waals surface area contributed by atoms with Crippen LogP contribution < -0.4 is 0 Å². The molecule has 0 aliphatic rings. The molecule has 0 saturated heterocycles. The third-order valence-corrected chi connectivity index (χ3v) is 1.80. The van der Waals surface area contributed by atoms with Crippen LogP contribution in [0.15, 0.2) is 60.3 Å². The second-order valence-corrected chi connectivity index (χ2v) is 3.13. The summed E-state index contributed by atoms with van der Waals surface area (Å²) in [5, 5.41) is 0. The van der Waals surface area contributed by atoms with Crippen molar-refractivity contribution in [2.75, 3.05) is 0 Å². The molecule has 0 unspecified atom stereocenters. The summed E-state index contributed by atoms with van der Waals surface area (Å²) in [5.74, 6) is 0. The van der Waals surface area contributed by atoms with Crippen LogP contribution in [0.5, 0.6) is 0 Å². The Hall–Kier alpha value is -1.30. The van der Waals surface area contributed by atoms with E-state index in [1.54, 1.807) is 0 Å². The first-order valence-electron chi connectivity index (χ1n) is 4.98. The van der Waals surface area contributed by atoms with Gasteiger partial charge in [-0.05, 0) is 32.8 Å². The average Bonchev–Trinajstić information content (AvgIpc) is 2.15. The van der Waals surface area contributed by atoms with Crippen molar-refractivity contribution in [3.05, 3.63) is 60.3 Å². The van der Waals surface area contributed by atoms with Gasteiger partial charge in [0.05, 0.1) is 0 Å².